The minimum absolute atomic E-state index is 0.599. The van der Waals surface area contributed by atoms with Crippen LogP contribution in [-0.4, -0.2) is 22.6 Å². The maximum Gasteiger partial charge on any atom is 0.207 e. The monoisotopic (exact) mass is 202 g/mol. The van der Waals surface area contributed by atoms with Crippen molar-refractivity contribution in [2.45, 2.75) is 0 Å². The van der Waals surface area contributed by atoms with E-state index in [-0.39, 0.29) is 0 Å². The van der Waals surface area contributed by atoms with Gasteiger partial charge in [-0.05, 0) is 12.1 Å². The summed E-state index contributed by atoms with van der Waals surface area (Å²) in [4.78, 5) is 4.23. The van der Waals surface area contributed by atoms with Crippen molar-refractivity contribution in [3.05, 3.63) is 42.7 Å². The number of aromatic nitrogens is 2. The Kier molecular flexibility index (Phi) is 2.99. The highest BCUT2D eigenvalue weighted by atomic mass is 15.2. The zero-order chi connectivity index (χ0) is 10.5. The summed E-state index contributed by atoms with van der Waals surface area (Å²) in [6, 6.07) is 10.1. The second-order valence-electron chi connectivity index (χ2n) is 3.17. The van der Waals surface area contributed by atoms with Crippen molar-refractivity contribution in [2.24, 2.45) is 5.73 Å². The molecule has 4 nitrogen and oxygen atoms in total. The van der Waals surface area contributed by atoms with Crippen molar-refractivity contribution in [1.82, 2.24) is 9.55 Å². The van der Waals surface area contributed by atoms with Crippen LogP contribution in [-0.2, 0) is 0 Å². The smallest absolute Gasteiger partial charge is 0.207 e. The van der Waals surface area contributed by atoms with Crippen LogP contribution in [0.3, 0.4) is 0 Å². The van der Waals surface area contributed by atoms with Gasteiger partial charge in [0.05, 0.1) is 0 Å². The zero-order valence-electron chi connectivity index (χ0n) is 8.43. The summed E-state index contributed by atoms with van der Waals surface area (Å²) in [5.74, 6) is 0.826. The van der Waals surface area contributed by atoms with Crippen molar-refractivity contribution in [3.8, 4) is 5.69 Å². The van der Waals surface area contributed by atoms with Gasteiger partial charge >= 0.3 is 0 Å². The Bertz CT molecular complexity index is 408. The maximum atomic E-state index is 5.43. The van der Waals surface area contributed by atoms with Crippen LogP contribution in [0.1, 0.15) is 0 Å². The summed E-state index contributed by atoms with van der Waals surface area (Å²) in [5, 5.41) is 3.17. The molecule has 0 spiro atoms. The Hall–Kier alpha value is -1.81. The van der Waals surface area contributed by atoms with Gasteiger partial charge in [-0.15, -0.1) is 0 Å². The average Bonchev–Trinajstić information content (AvgIpc) is 2.75. The summed E-state index contributed by atoms with van der Waals surface area (Å²) in [6.07, 6.45) is 3.69. The van der Waals surface area contributed by atoms with Crippen molar-refractivity contribution < 1.29 is 0 Å². The van der Waals surface area contributed by atoms with E-state index in [1.54, 1.807) is 6.20 Å². The molecule has 1 heterocycles. The summed E-state index contributed by atoms with van der Waals surface area (Å²) in [5.41, 5.74) is 6.53. The molecule has 1 aromatic carbocycles. The van der Waals surface area contributed by atoms with Crippen molar-refractivity contribution in [3.63, 3.8) is 0 Å². The molecule has 0 aliphatic heterocycles. The first-order chi connectivity index (χ1) is 7.42. The van der Waals surface area contributed by atoms with Gasteiger partial charge in [0.15, 0.2) is 0 Å². The molecule has 0 atom stereocenters. The van der Waals surface area contributed by atoms with Gasteiger partial charge < -0.3 is 11.1 Å². The number of nitrogens with one attached hydrogen (secondary N) is 1. The SMILES string of the molecule is NCCNc1nccn1-c1ccccc1. The minimum atomic E-state index is 0.599. The number of hydrogen-bond donors (Lipinski definition) is 2. The van der Waals surface area contributed by atoms with E-state index in [4.69, 9.17) is 5.73 Å². The molecule has 1 aromatic heterocycles. The number of benzene rings is 1. The first kappa shape index (κ1) is 9.73. The van der Waals surface area contributed by atoms with E-state index in [1.807, 2.05) is 41.1 Å². The fourth-order valence-electron chi connectivity index (χ4n) is 1.42. The van der Waals surface area contributed by atoms with E-state index in [0.29, 0.717) is 6.54 Å². The lowest BCUT2D eigenvalue weighted by molar-refractivity contribution is 0.967. The summed E-state index contributed by atoms with van der Waals surface area (Å²) in [6.45, 7) is 1.32. The van der Waals surface area contributed by atoms with Crippen LogP contribution in [0.25, 0.3) is 5.69 Å². The average molecular weight is 202 g/mol. The van der Waals surface area contributed by atoms with Crippen LogP contribution in [0.15, 0.2) is 42.7 Å². The first-order valence-electron chi connectivity index (χ1n) is 4.94. The fraction of sp³-hybridized carbons (Fsp3) is 0.182. The number of imidazole rings is 1. The number of anilines is 1. The van der Waals surface area contributed by atoms with E-state index in [9.17, 15) is 0 Å². The minimum Gasteiger partial charge on any atom is -0.354 e. The quantitative estimate of drug-likeness (QED) is 0.784. The molecular weight excluding hydrogens is 188 g/mol. The lowest BCUT2D eigenvalue weighted by Crippen LogP contribution is -2.15. The van der Waals surface area contributed by atoms with E-state index in [1.165, 1.54) is 0 Å². The highest BCUT2D eigenvalue weighted by Gasteiger charge is 2.02. The second-order valence-corrected chi connectivity index (χ2v) is 3.17. The van der Waals surface area contributed by atoms with Gasteiger partial charge in [-0.1, -0.05) is 18.2 Å². The van der Waals surface area contributed by atoms with E-state index >= 15 is 0 Å². The highest BCUT2D eigenvalue weighted by Crippen LogP contribution is 2.13. The molecule has 78 valence electrons. The Labute approximate surface area is 88.7 Å². The molecule has 15 heavy (non-hydrogen) atoms. The Balaban J connectivity index is 2.25. The molecule has 0 radical (unpaired) electrons. The molecule has 0 bridgehead atoms. The Morgan fingerprint density at radius 1 is 1.27 bits per heavy atom. The molecule has 0 saturated carbocycles. The third kappa shape index (κ3) is 2.16. The van der Waals surface area contributed by atoms with E-state index in [0.717, 1.165) is 18.2 Å². The van der Waals surface area contributed by atoms with Gasteiger partial charge in [0.1, 0.15) is 0 Å². The van der Waals surface area contributed by atoms with Gasteiger partial charge in [-0.3, -0.25) is 4.57 Å². The van der Waals surface area contributed by atoms with Gasteiger partial charge in [0.2, 0.25) is 5.95 Å². The molecule has 0 saturated heterocycles. The van der Waals surface area contributed by atoms with Crippen molar-refractivity contribution in [1.29, 1.82) is 0 Å². The van der Waals surface area contributed by atoms with Crippen LogP contribution in [0, 0.1) is 0 Å². The predicted octanol–water partition coefficient (Wildman–Crippen LogP) is 1.24. The highest BCUT2D eigenvalue weighted by molar-refractivity contribution is 5.41. The van der Waals surface area contributed by atoms with Gasteiger partial charge in [-0.25, -0.2) is 4.98 Å². The first-order valence-corrected chi connectivity index (χ1v) is 4.94. The normalized spacial score (nSPS) is 10.2. The number of nitrogens with two attached hydrogens (primary N) is 1. The lowest BCUT2D eigenvalue weighted by atomic mass is 10.3. The number of rotatable bonds is 4. The number of nitrogens with zero attached hydrogens (tertiary/aromatic N) is 2. The third-order valence-electron chi connectivity index (χ3n) is 2.10. The van der Waals surface area contributed by atoms with Crippen LogP contribution < -0.4 is 11.1 Å². The molecule has 3 N–H and O–H groups in total. The summed E-state index contributed by atoms with van der Waals surface area (Å²) < 4.78 is 2.00. The van der Waals surface area contributed by atoms with E-state index in [2.05, 4.69) is 10.3 Å². The summed E-state index contributed by atoms with van der Waals surface area (Å²) >= 11 is 0. The van der Waals surface area contributed by atoms with Gasteiger partial charge in [0.25, 0.3) is 0 Å². The predicted molar refractivity (Wildman–Crippen MR) is 61.1 cm³/mol. The zero-order valence-corrected chi connectivity index (χ0v) is 8.43. The van der Waals surface area contributed by atoms with Crippen LogP contribution in [0.2, 0.25) is 0 Å². The topological polar surface area (TPSA) is 55.9 Å². The Morgan fingerprint density at radius 3 is 2.80 bits per heavy atom. The summed E-state index contributed by atoms with van der Waals surface area (Å²) in [7, 11) is 0. The fourth-order valence-corrected chi connectivity index (χ4v) is 1.42. The number of para-hydroxylation sites is 1. The van der Waals surface area contributed by atoms with Crippen LogP contribution in [0.4, 0.5) is 5.95 Å². The second kappa shape index (κ2) is 4.61. The van der Waals surface area contributed by atoms with Crippen molar-refractivity contribution >= 4 is 5.95 Å². The van der Waals surface area contributed by atoms with E-state index < -0.39 is 0 Å². The molecule has 2 aromatic rings. The molecule has 4 heteroatoms. The standard InChI is InChI=1S/C11H14N4/c12-6-7-13-11-14-8-9-15(11)10-4-2-1-3-5-10/h1-5,8-9H,6-7,12H2,(H,13,14). The van der Waals surface area contributed by atoms with Crippen LogP contribution >= 0.6 is 0 Å². The maximum absolute atomic E-state index is 5.43. The van der Waals surface area contributed by atoms with Gasteiger partial charge in [-0.2, -0.15) is 0 Å². The third-order valence-corrected chi connectivity index (χ3v) is 2.10. The molecule has 0 aliphatic rings. The van der Waals surface area contributed by atoms with Gasteiger partial charge in [0, 0.05) is 31.2 Å². The molecule has 0 aliphatic carbocycles. The molecule has 2 rings (SSSR count). The van der Waals surface area contributed by atoms with Crippen LogP contribution in [0.5, 0.6) is 0 Å². The Morgan fingerprint density at radius 2 is 2.07 bits per heavy atom. The molecular formula is C11H14N4. The van der Waals surface area contributed by atoms with Crippen molar-refractivity contribution in [2.75, 3.05) is 18.4 Å². The molecule has 0 amide bonds. The lowest BCUT2D eigenvalue weighted by Gasteiger charge is -2.08. The molecule has 0 unspecified atom stereocenters. The number of hydrogen-bond acceptors (Lipinski definition) is 3. The molecule has 0 fully saturated rings. The largest absolute Gasteiger partial charge is 0.354 e.